The molecule has 1 aliphatic heterocycles. The number of nitrogens with one attached hydrogen (secondary N) is 2. The number of amides is 1. The first-order valence-electron chi connectivity index (χ1n) is 10.2. The van der Waals surface area contributed by atoms with E-state index in [-0.39, 0.29) is 11.9 Å². The summed E-state index contributed by atoms with van der Waals surface area (Å²) in [5.74, 6) is 1.05. The molecule has 1 amide bonds. The molecule has 2 heterocycles. The molecule has 5 rings (SSSR count). The van der Waals surface area contributed by atoms with Crippen molar-refractivity contribution in [1.82, 2.24) is 10.6 Å². The van der Waals surface area contributed by atoms with Crippen molar-refractivity contribution in [2.75, 3.05) is 0 Å². The highest BCUT2D eigenvalue weighted by molar-refractivity contribution is 5.85. The van der Waals surface area contributed by atoms with Gasteiger partial charge in [-0.15, -0.1) is 0 Å². The van der Waals surface area contributed by atoms with E-state index < -0.39 is 6.04 Å². The number of rotatable bonds is 5. The lowest BCUT2D eigenvalue weighted by Gasteiger charge is -2.23. The van der Waals surface area contributed by atoms with Crippen LogP contribution in [-0.4, -0.2) is 24.0 Å². The average molecular weight is 385 g/mol. The van der Waals surface area contributed by atoms with Gasteiger partial charge in [0.05, 0.1) is 12.1 Å². The molecule has 5 heteroatoms. The lowest BCUT2D eigenvalue weighted by molar-refractivity contribution is -0.124. The number of nitrogens with zero attached hydrogens (tertiary/aromatic N) is 1. The predicted molar refractivity (Wildman–Crippen MR) is 111 cm³/mol. The molecular formula is C24H23N3O2. The highest BCUT2D eigenvalue weighted by Gasteiger charge is 2.43. The van der Waals surface area contributed by atoms with Gasteiger partial charge < -0.3 is 15.1 Å². The Bertz CT molecular complexity index is 1080. The smallest absolute Gasteiger partial charge is 0.238 e. The summed E-state index contributed by atoms with van der Waals surface area (Å²) < 4.78 is 5.93. The molecule has 1 aromatic heterocycles. The summed E-state index contributed by atoms with van der Waals surface area (Å²) in [5.41, 5.74) is 3.06. The zero-order valence-electron chi connectivity index (χ0n) is 16.1. The fraction of sp³-hybridized carbons (Fsp3) is 0.333. The van der Waals surface area contributed by atoms with Gasteiger partial charge in [0.1, 0.15) is 17.4 Å². The third-order valence-electron chi connectivity index (χ3n) is 6.19. The molecule has 2 N–H and O–H groups in total. The Labute approximate surface area is 169 Å². The van der Waals surface area contributed by atoms with E-state index in [1.165, 1.54) is 0 Å². The second-order valence-electron chi connectivity index (χ2n) is 8.14. The fourth-order valence-electron chi connectivity index (χ4n) is 4.75. The van der Waals surface area contributed by atoms with Gasteiger partial charge in [0.2, 0.25) is 5.91 Å². The summed E-state index contributed by atoms with van der Waals surface area (Å²) in [5, 5.41) is 16.8. The standard InChI is InChI=1S/C24H23N3O2/c25-14-20(27-24(28)23-17-6-8-19(11-17)26-23)13-21-12-18-10-16(7-9-22(18)29-21)15-4-2-1-3-5-15/h1-5,7,9-10,12,17,19-20,23,26H,6,8,11,13H2,(H,27,28). The minimum absolute atomic E-state index is 0.0637. The molecule has 1 saturated heterocycles. The SMILES string of the molecule is N#CC(Cc1cc2cc(-c3ccccc3)ccc2o1)NC(=O)C1NC2CCC1C2. The van der Waals surface area contributed by atoms with Crippen LogP contribution in [0.5, 0.6) is 0 Å². The molecule has 4 unspecified atom stereocenters. The number of piperidine rings is 1. The first-order chi connectivity index (χ1) is 14.2. The van der Waals surface area contributed by atoms with E-state index in [2.05, 4.69) is 34.9 Å². The predicted octanol–water partition coefficient (Wildman–Crippen LogP) is 3.79. The highest BCUT2D eigenvalue weighted by Crippen LogP contribution is 2.35. The minimum atomic E-state index is -0.599. The Morgan fingerprint density at radius 2 is 2.03 bits per heavy atom. The Balaban J connectivity index is 1.30. The van der Waals surface area contributed by atoms with Gasteiger partial charge >= 0.3 is 0 Å². The van der Waals surface area contributed by atoms with Crippen molar-refractivity contribution in [3.63, 3.8) is 0 Å². The maximum atomic E-state index is 12.6. The van der Waals surface area contributed by atoms with Crippen LogP contribution in [0.25, 0.3) is 22.1 Å². The molecule has 3 aromatic rings. The van der Waals surface area contributed by atoms with Crippen LogP contribution >= 0.6 is 0 Å². The molecule has 1 aliphatic carbocycles. The van der Waals surface area contributed by atoms with Crippen LogP contribution in [0.2, 0.25) is 0 Å². The van der Waals surface area contributed by atoms with Crippen molar-refractivity contribution in [3.8, 4) is 17.2 Å². The number of benzene rings is 2. The first-order valence-corrected chi connectivity index (χ1v) is 10.2. The minimum Gasteiger partial charge on any atom is -0.461 e. The Morgan fingerprint density at radius 1 is 1.17 bits per heavy atom. The zero-order chi connectivity index (χ0) is 19.8. The van der Waals surface area contributed by atoms with Crippen LogP contribution in [0.4, 0.5) is 0 Å². The Kier molecular flexibility index (Phi) is 4.57. The van der Waals surface area contributed by atoms with E-state index in [1.807, 2.05) is 36.4 Å². The van der Waals surface area contributed by atoms with Gasteiger partial charge in [0.25, 0.3) is 0 Å². The molecule has 2 aromatic carbocycles. The van der Waals surface area contributed by atoms with Gasteiger partial charge in [0, 0.05) is 17.8 Å². The van der Waals surface area contributed by atoms with E-state index in [9.17, 15) is 10.1 Å². The fourth-order valence-corrected chi connectivity index (χ4v) is 4.75. The van der Waals surface area contributed by atoms with Crippen molar-refractivity contribution >= 4 is 16.9 Å². The summed E-state index contributed by atoms with van der Waals surface area (Å²) in [6.07, 6.45) is 3.68. The van der Waals surface area contributed by atoms with Crippen molar-refractivity contribution in [1.29, 1.82) is 5.26 Å². The van der Waals surface area contributed by atoms with Gasteiger partial charge in [-0.3, -0.25) is 4.79 Å². The first kappa shape index (κ1) is 18.0. The van der Waals surface area contributed by atoms with Gasteiger partial charge in [-0.2, -0.15) is 5.26 Å². The van der Waals surface area contributed by atoms with Crippen LogP contribution in [0.1, 0.15) is 25.0 Å². The van der Waals surface area contributed by atoms with E-state index >= 15 is 0 Å². The molecule has 1 saturated carbocycles. The molecule has 29 heavy (non-hydrogen) atoms. The monoisotopic (exact) mass is 385 g/mol. The molecule has 0 radical (unpaired) electrons. The van der Waals surface area contributed by atoms with E-state index in [1.54, 1.807) is 0 Å². The molecule has 2 bridgehead atoms. The van der Waals surface area contributed by atoms with Gasteiger partial charge in [-0.1, -0.05) is 36.4 Å². The molecule has 5 nitrogen and oxygen atoms in total. The van der Waals surface area contributed by atoms with E-state index in [0.29, 0.717) is 24.1 Å². The number of carbonyl (C=O) groups is 1. The lowest BCUT2D eigenvalue weighted by atomic mass is 9.99. The van der Waals surface area contributed by atoms with Gasteiger partial charge in [-0.05, 0) is 54.5 Å². The summed E-state index contributed by atoms with van der Waals surface area (Å²) in [6.45, 7) is 0. The lowest BCUT2D eigenvalue weighted by Crippen LogP contribution is -2.50. The highest BCUT2D eigenvalue weighted by atomic mass is 16.3. The van der Waals surface area contributed by atoms with Gasteiger partial charge in [-0.25, -0.2) is 0 Å². The largest absolute Gasteiger partial charge is 0.461 e. The van der Waals surface area contributed by atoms with Crippen LogP contribution < -0.4 is 10.6 Å². The zero-order valence-corrected chi connectivity index (χ0v) is 16.1. The molecule has 2 aliphatic rings. The summed E-state index contributed by atoms with van der Waals surface area (Å²) in [6, 6.07) is 20.2. The number of hydrogen-bond donors (Lipinski definition) is 2. The summed E-state index contributed by atoms with van der Waals surface area (Å²) in [4.78, 5) is 12.6. The third kappa shape index (κ3) is 3.52. The molecule has 4 atom stereocenters. The maximum absolute atomic E-state index is 12.6. The van der Waals surface area contributed by atoms with Gasteiger partial charge in [0.15, 0.2) is 0 Å². The molecule has 146 valence electrons. The second-order valence-corrected chi connectivity index (χ2v) is 8.14. The number of hydrogen-bond acceptors (Lipinski definition) is 4. The van der Waals surface area contributed by atoms with Crippen molar-refractivity contribution in [3.05, 3.63) is 60.4 Å². The normalized spacial score (nSPS) is 23.8. The van der Waals surface area contributed by atoms with E-state index in [4.69, 9.17) is 4.42 Å². The molecular weight excluding hydrogens is 362 g/mol. The summed E-state index contributed by atoms with van der Waals surface area (Å²) >= 11 is 0. The van der Waals surface area contributed by atoms with Crippen molar-refractivity contribution < 1.29 is 9.21 Å². The van der Waals surface area contributed by atoms with E-state index in [0.717, 1.165) is 41.4 Å². The number of fused-ring (bicyclic) bond motifs is 3. The Morgan fingerprint density at radius 3 is 2.76 bits per heavy atom. The summed E-state index contributed by atoms with van der Waals surface area (Å²) in [7, 11) is 0. The topological polar surface area (TPSA) is 78.1 Å². The van der Waals surface area contributed by atoms with Crippen LogP contribution in [0.15, 0.2) is 59.0 Å². The Hall–Kier alpha value is -3.10. The van der Waals surface area contributed by atoms with Crippen LogP contribution in [0, 0.1) is 17.2 Å². The number of carbonyl (C=O) groups excluding carboxylic acids is 1. The van der Waals surface area contributed by atoms with Crippen molar-refractivity contribution in [2.24, 2.45) is 5.92 Å². The molecule has 2 fully saturated rings. The van der Waals surface area contributed by atoms with Crippen molar-refractivity contribution in [2.45, 2.75) is 43.8 Å². The quantitative estimate of drug-likeness (QED) is 0.700. The van der Waals surface area contributed by atoms with Crippen LogP contribution in [-0.2, 0) is 11.2 Å². The second kappa shape index (κ2) is 7.38. The number of nitriles is 1. The molecule has 0 spiro atoms. The number of furan rings is 1. The van der Waals surface area contributed by atoms with Crippen LogP contribution in [0.3, 0.4) is 0 Å². The third-order valence-corrected chi connectivity index (χ3v) is 6.19. The maximum Gasteiger partial charge on any atom is 0.238 e. The average Bonchev–Trinajstić information content (AvgIpc) is 3.48.